The Morgan fingerprint density at radius 2 is 2.07 bits per heavy atom. The Balaban J connectivity index is 1.75. The second-order valence-corrected chi connectivity index (χ2v) is 7.34. The van der Waals surface area contributed by atoms with Gasteiger partial charge in [0.25, 0.3) is 0 Å². The zero-order chi connectivity index (χ0) is 19.4. The van der Waals surface area contributed by atoms with E-state index in [-0.39, 0.29) is 18.3 Å². The predicted molar refractivity (Wildman–Crippen MR) is 103 cm³/mol. The van der Waals surface area contributed by atoms with Gasteiger partial charge in [-0.05, 0) is 36.2 Å². The summed E-state index contributed by atoms with van der Waals surface area (Å²) in [4.78, 5) is 27.8. The van der Waals surface area contributed by atoms with Crippen molar-refractivity contribution in [3.05, 3.63) is 59.4 Å². The fourth-order valence-electron chi connectivity index (χ4n) is 3.02. The molecule has 1 N–H and O–H groups in total. The minimum Gasteiger partial charge on any atom is -0.468 e. The number of esters is 1. The van der Waals surface area contributed by atoms with Crippen LogP contribution in [-0.2, 0) is 14.3 Å². The highest BCUT2D eigenvalue weighted by Crippen LogP contribution is 2.34. The molecule has 2 aromatic carbocycles. The van der Waals surface area contributed by atoms with Gasteiger partial charge in [0.2, 0.25) is 5.91 Å². The third-order valence-corrected chi connectivity index (χ3v) is 5.48. The van der Waals surface area contributed by atoms with Crippen molar-refractivity contribution in [1.29, 1.82) is 0 Å². The summed E-state index contributed by atoms with van der Waals surface area (Å²) in [5, 5.41) is 2.97. The Morgan fingerprint density at radius 3 is 2.81 bits per heavy atom. The lowest BCUT2D eigenvalue weighted by Crippen LogP contribution is -2.43. The number of hydrogen-bond donors (Lipinski definition) is 1. The number of fused-ring (bicyclic) bond motifs is 1. The summed E-state index contributed by atoms with van der Waals surface area (Å²) in [6, 6.07) is 11.3. The molecule has 1 aliphatic heterocycles. The van der Waals surface area contributed by atoms with E-state index in [1.807, 2.05) is 24.3 Å². The van der Waals surface area contributed by atoms with E-state index in [1.165, 1.54) is 19.2 Å². The number of benzene rings is 2. The van der Waals surface area contributed by atoms with Gasteiger partial charge in [-0.15, -0.1) is 11.8 Å². The van der Waals surface area contributed by atoms with Gasteiger partial charge in [0.1, 0.15) is 11.9 Å². The molecule has 0 fully saturated rings. The molecule has 0 radical (unpaired) electrons. The van der Waals surface area contributed by atoms with Crippen molar-refractivity contribution in [2.24, 2.45) is 0 Å². The minimum atomic E-state index is -0.840. The number of amides is 1. The van der Waals surface area contributed by atoms with Gasteiger partial charge in [0.15, 0.2) is 0 Å². The van der Waals surface area contributed by atoms with Crippen LogP contribution in [0.4, 0.5) is 10.1 Å². The van der Waals surface area contributed by atoms with Crippen LogP contribution >= 0.6 is 11.8 Å². The lowest BCUT2D eigenvalue weighted by molar-refractivity contribution is -0.143. The van der Waals surface area contributed by atoms with Crippen molar-refractivity contribution in [3.63, 3.8) is 0 Å². The molecule has 1 atom stereocenters. The summed E-state index contributed by atoms with van der Waals surface area (Å²) >= 11 is 1.72. The fraction of sp³-hybridized carbons (Fsp3) is 0.300. The number of nitrogens with zero attached hydrogens (tertiary/aromatic N) is 1. The summed E-state index contributed by atoms with van der Waals surface area (Å²) in [7, 11) is 1.29. The Labute approximate surface area is 161 Å². The van der Waals surface area contributed by atoms with Crippen LogP contribution in [0.5, 0.6) is 0 Å². The van der Waals surface area contributed by atoms with Crippen molar-refractivity contribution in [2.75, 3.05) is 30.9 Å². The number of halogens is 1. The molecule has 27 heavy (non-hydrogen) atoms. The molecule has 1 amide bonds. The zero-order valence-electron chi connectivity index (χ0n) is 15.2. The van der Waals surface area contributed by atoms with E-state index in [4.69, 9.17) is 4.74 Å². The fourth-order valence-corrected chi connectivity index (χ4v) is 4.01. The first-order valence-electron chi connectivity index (χ1n) is 8.60. The van der Waals surface area contributed by atoms with Crippen LogP contribution in [0.2, 0.25) is 0 Å². The van der Waals surface area contributed by atoms with E-state index < -0.39 is 12.0 Å². The van der Waals surface area contributed by atoms with Crippen molar-refractivity contribution in [2.45, 2.75) is 17.9 Å². The van der Waals surface area contributed by atoms with Crippen molar-refractivity contribution < 1.29 is 18.7 Å². The molecule has 0 aromatic heterocycles. The second-order valence-electron chi connectivity index (χ2n) is 6.21. The van der Waals surface area contributed by atoms with Crippen molar-refractivity contribution >= 4 is 29.3 Å². The number of carbonyl (C=O) groups is 2. The number of ether oxygens (including phenoxy) is 1. The first kappa shape index (κ1) is 19.4. The van der Waals surface area contributed by atoms with Crippen molar-refractivity contribution in [3.8, 4) is 0 Å². The number of aryl methyl sites for hydroxylation is 1. The van der Waals surface area contributed by atoms with Crippen LogP contribution < -0.4 is 10.2 Å². The van der Waals surface area contributed by atoms with Gasteiger partial charge in [-0.1, -0.05) is 24.3 Å². The average Bonchev–Trinajstić information content (AvgIpc) is 2.69. The van der Waals surface area contributed by atoms with E-state index in [2.05, 4.69) is 5.32 Å². The van der Waals surface area contributed by atoms with Crippen molar-refractivity contribution in [1.82, 2.24) is 5.32 Å². The third kappa shape index (κ3) is 4.31. The van der Waals surface area contributed by atoms with Crippen LogP contribution in [0.25, 0.3) is 0 Å². The molecule has 142 valence electrons. The zero-order valence-corrected chi connectivity index (χ0v) is 16.0. The maximum Gasteiger partial charge on any atom is 0.327 e. The number of anilines is 1. The summed E-state index contributed by atoms with van der Waals surface area (Å²) in [6.45, 7) is 2.20. The minimum absolute atomic E-state index is 0.0325. The Bertz CT molecular complexity index is 859. The highest BCUT2D eigenvalue weighted by Gasteiger charge is 2.26. The Kier molecular flexibility index (Phi) is 6.13. The molecule has 0 aliphatic carbocycles. The van der Waals surface area contributed by atoms with E-state index in [9.17, 15) is 14.0 Å². The van der Waals surface area contributed by atoms with Gasteiger partial charge in [0.05, 0.1) is 19.3 Å². The van der Waals surface area contributed by atoms with Gasteiger partial charge in [-0.25, -0.2) is 9.18 Å². The van der Waals surface area contributed by atoms with E-state index >= 15 is 0 Å². The second kappa shape index (κ2) is 8.54. The van der Waals surface area contributed by atoms with Gasteiger partial charge in [-0.2, -0.15) is 0 Å². The molecule has 1 aliphatic rings. The van der Waals surface area contributed by atoms with Gasteiger partial charge >= 0.3 is 5.97 Å². The molecular weight excluding hydrogens is 367 g/mol. The quantitative estimate of drug-likeness (QED) is 0.798. The smallest absolute Gasteiger partial charge is 0.327 e. The number of methoxy groups -OCH3 is 1. The van der Waals surface area contributed by atoms with Crippen LogP contribution in [0, 0.1) is 12.7 Å². The molecule has 0 unspecified atom stereocenters. The predicted octanol–water partition coefficient (Wildman–Crippen LogP) is 3.08. The highest BCUT2D eigenvalue weighted by atomic mass is 32.2. The highest BCUT2D eigenvalue weighted by molar-refractivity contribution is 7.99. The monoisotopic (exact) mass is 388 g/mol. The van der Waals surface area contributed by atoms with Crippen LogP contribution in [-0.4, -0.2) is 37.8 Å². The lowest BCUT2D eigenvalue weighted by Gasteiger charge is -2.29. The molecule has 1 heterocycles. The standard InChI is InChI=1S/C20H21FN2O3S/c1-13-11-14(7-8-15(13)21)19(20(25)26-2)22-12-18(24)23-9-10-27-17-6-4-3-5-16(17)23/h3-8,11,19,22H,9-10,12H2,1-2H3/t19-/m0/s1. The van der Waals surface area contributed by atoms with Gasteiger partial charge in [-0.3, -0.25) is 10.1 Å². The SMILES string of the molecule is COC(=O)[C@@H](NCC(=O)N1CCSc2ccccc21)c1ccc(F)c(C)c1. The summed E-state index contributed by atoms with van der Waals surface area (Å²) < 4.78 is 18.4. The largest absolute Gasteiger partial charge is 0.468 e. The first-order chi connectivity index (χ1) is 13.0. The number of thioether (sulfide) groups is 1. The van der Waals surface area contributed by atoms with Crippen LogP contribution in [0.1, 0.15) is 17.2 Å². The first-order valence-corrected chi connectivity index (χ1v) is 9.59. The molecule has 0 bridgehead atoms. The maximum atomic E-state index is 13.5. The lowest BCUT2D eigenvalue weighted by atomic mass is 10.0. The summed E-state index contributed by atoms with van der Waals surface area (Å²) in [5.74, 6) is -0.180. The number of para-hydroxylation sites is 1. The van der Waals surface area contributed by atoms with E-state index in [0.29, 0.717) is 17.7 Å². The third-order valence-electron chi connectivity index (χ3n) is 4.44. The molecule has 0 saturated heterocycles. The number of nitrogens with one attached hydrogen (secondary N) is 1. The van der Waals surface area contributed by atoms with Gasteiger partial charge < -0.3 is 9.64 Å². The number of rotatable bonds is 5. The van der Waals surface area contributed by atoms with Crippen LogP contribution in [0.3, 0.4) is 0 Å². The normalized spacial score (nSPS) is 14.4. The molecule has 2 aromatic rings. The number of carbonyl (C=O) groups excluding carboxylic acids is 2. The molecular formula is C20H21FN2O3S. The maximum absolute atomic E-state index is 13.5. The molecule has 3 rings (SSSR count). The average molecular weight is 388 g/mol. The molecule has 0 saturated carbocycles. The van der Waals surface area contributed by atoms with E-state index in [0.717, 1.165) is 16.3 Å². The topological polar surface area (TPSA) is 58.6 Å². The van der Waals surface area contributed by atoms with Crippen LogP contribution in [0.15, 0.2) is 47.4 Å². The Morgan fingerprint density at radius 1 is 1.30 bits per heavy atom. The van der Waals surface area contributed by atoms with E-state index in [1.54, 1.807) is 29.7 Å². The molecule has 5 nitrogen and oxygen atoms in total. The summed E-state index contributed by atoms with van der Waals surface area (Å²) in [5.41, 5.74) is 1.87. The number of hydrogen-bond acceptors (Lipinski definition) is 5. The molecule has 0 spiro atoms. The van der Waals surface area contributed by atoms with Gasteiger partial charge in [0, 0.05) is 17.2 Å². The molecule has 7 heteroatoms. The summed E-state index contributed by atoms with van der Waals surface area (Å²) in [6.07, 6.45) is 0. The Hall–Kier alpha value is -2.38.